The predicted octanol–water partition coefficient (Wildman–Crippen LogP) is -0.616. The van der Waals surface area contributed by atoms with Crippen LogP contribution in [0.3, 0.4) is 0 Å². The van der Waals surface area contributed by atoms with Crippen LogP contribution >= 0.6 is 0 Å². The maximum absolute atomic E-state index is 10.8. The monoisotopic (exact) mass is 268 g/mol. The molecular weight excluding hydrogens is 257 g/mol. The van der Waals surface area contributed by atoms with E-state index in [2.05, 4.69) is 7.53 Å². The Bertz CT molecular complexity index is 204. The van der Waals surface area contributed by atoms with E-state index in [1.807, 2.05) is 0 Å². The second-order valence-corrected chi connectivity index (χ2v) is 4.49. The number of aliphatic carboxylic acids is 2. The number of carbonyl (C=O) groups is 2. The Hall–Kier alpha value is -1.12. The van der Waals surface area contributed by atoms with Gasteiger partial charge in [-0.3, -0.25) is 0 Å². The first-order chi connectivity index (χ1) is 6.52. The molecule has 0 saturated carbocycles. The van der Waals surface area contributed by atoms with Gasteiger partial charge in [0, 0.05) is 0 Å². The first kappa shape index (κ1) is 12.9. The SMILES string of the molecule is O=C(O)CC[O][Ge](=[O])[O]CCC(=O)O. The molecule has 14 heavy (non-hydrogen) atoms. The Morgan fingerprint density at radius 2 is 1.36 bits per heavy atom. The summed E-state index contributed by atoms with van der Waals surface area (Å²) in [4.78, 5) is 20.0. The van der Waals surface area contributed by atoms with Gasteiger partial charge in [0.05, 0.1) is 0 Å². The fourth-order valence-corrected chi connectivity index (χ4v) is 1.79. The van der Waals surface area contributed by atoms with Gasteiger partial charge in [-0.05, 0) is 0 Å². The van der Waals surface area contributed by atoms with Gasteiger partial charge in [-0.2, -0.15) is 0 Å². The van der Waals surface area contributed by atoms with Crippen LogP contribution in [-0.4, -0.2) is 50.3 Å². The first-order valence-electron chi connectivity index (χ1n) is 3.75. The van der Waals surface area contributed by atoms with Gasteiger partial charge in [-0.1, -0.05) is 0 Å². The van der Waals surface area contributed by atoms with Crippen LogP contribution in [0.4, 0.5) is 0 Å². The summed E-state index contributed by atoms with van der Waals surface area (Å²) in [5.41, 5.74) is 0. The van der Waals surface area contributed by atoms with Crippen LogP contribution in [0.2, 0.25) is 0 Å². The van der Waals surface area contributed by atoms with E-state index in [0.29, 0.717) is 0 Å². The van der Waals surface area contributed by atoms with E-state index in [1.165, 1.54) is 0 Å². The van der Waals surface area contributed by atoms with Crippen molar-refractivity contribution in [1.82, 2.24) is 0 Å². The summed E-state index contributed by atoms with van der Waals surface area (Å²) in [5.74, 6) is -2.11. The Morgan fingerprint density at radius 1 is 1.00 bits per heavy atom. The molecule has 0 aromatic carbocycles. The number of carboxylic acid groups (broad SMARTS) is 2. The van der Waals surface area contributed by atoms with Gasteiger partial charge in [-0.15, -0.1) is 0 Å². The molecule has 0 amide bonds. The van der Waals surface area contributed by atoms with E-state index in [1.54, 1.807) is 0 Å². The van der Waals surface area contributed by atoms with E-state index < -0.39 is 26.9 Å². The molecule has 0 heterocycles. The molecule has 0 aliphatic carbocycles. The van der Waals surface area contributed by atoms with Crippen LogP contribution in [0.1, 0.15) is 12.8 Å². The number of carboxylic acids is 2. The summed E-state index contributed by atoms with van der Waals surface area (Å²) in [5, 5.41) is 16.4. The van der Waals surface area contributed by atoms with Crippen molar-refractivity contribution in [2.24, 2.45) is 0 Å². The summed E-state index contributed by atoms with van der Waals surface area (Å²) in [7, 11) is 0. The van der Waals surface area contributed by atoms with Crippen molar-refractivity contribution in [2.75, 3.05) is 13.2 Å². The van der Waals surface area contributed by atoms with Gasteiger partial charge in [-0.25, -0.2) is 0 Å². The van der Waals surface area contributed by atoms with E-state index in [9.17, 15) is 13.4 Å². The molecule has 0 bridgehead atoms. The van der Waals surface area contributed by atoms with E-state index in [0.717, 1.165) is 0 Å². The Balaban J connectivity index is 3.37. The molecule has 2 N–H and O–H groups in total. The van der Waals surface area contributed by atoms with Gasteiger partial charge < -0.3 is 0 Å². The van der Waals surface area contributed by atoms with Crippen LogP contribution in [0.15, 0.2) is 0 Å². The van der Waals surface area contributed by atoms with Crippen LogP contribution in [0, 0.1) is 0 Å². The molecule has 0 aliphatic heterocycles. The molecule has 80 valence electrons. The van der Waals surface area contributed by atoms with Crippen molar-refractivity contribution in [1.29, 1.82) is 0 Å². The van der Waals surface area contributed by atoms with Gasteiger partial charge in [0.15, 0.2) is 0 Å². The molecule has 0 aromatic heterocycles. The van der Waals surface area contributed by atoms with Crippen molar-refractivity contribution in [3.05, 3.63) is 0 Å². The third-order valence-corrected chi connectivity index (χ3v) is 2.92. The average molecular weight is 267 g/mol. The van der Waals surface area contributed by atoms with E-state index >= 15 is 0 Å². The molecule has 0 fully saturated rings. The third kappa shape index (κ3) is 8.97. The van der Waals surface area contributed by atoms with Crippen molar-refractivity contribution < 1.29 is 31.1 Å². The Morgan fingerprint density at radius 3 is 1.64 bits per heavy atom. The van der Waals surface area contributed by atoms with Gasteiger partial charge >= 0.3 is 84.1 Å². The van der Waals surface area contributed by atoms with E-state index in [-0.39, 0.29) is 26.1 Å². The molecule has 0 atom stereocenters. The zero-order valence-electron chi connectivity index (χ0n) is 7.26. The molecule has 8 heteroatoms. The van der Waals surface area contributed by atoms with Crippen molar-refractivity contribution in [3.63, 3.8) is 0 Å². The van der Waals surface area contributed by atoms with Crippen LogP contribution in [-0.2, 0) is 20.9 Å². The Labute approximate surface area is 84.6 Å². The van der Waals surface area contributed by atoms with Crippen molar-refractivity contribution in [2.45, 2.75) is 12.8 Å². The molecule has 7 nitrogen and oxygen atoms in total. The van der Waals surface area contributed by atoms with Gasteiger partial charge in [0.25, 0.3) is 0 Å². The van der Waals surface area contributed by atoms with Crippen LogP contribution < -0.4 is 0 Å². The van der Waals surface area contributed by atoms with Crippen molar-refractivity contribution >= 4 is 26.9 Å². The topological polar surface area (TPSA) is 110 Å². The molecular formula is C6H10GeO7. The summed E-state index contributed by atoms with van der Waals surface area (Å²) in [6, 6.07) is 0. The summed E-state index contributed by atoms with van der Waals surface area (Å²) in [6.07, 6.45) is -0.498. The molecule has 0 rings (SSSR count). The summed E-state index contributed by atoms with van der Waals surface area (Å²) in [6.45, 7) is -0.359. The second-order valence-electron chi connectivity index (χ2n) is 2.23. The minimum absolute atomic E-state index is 0.179. The summed E-state index contributed by atoms with van der Waals surface area (Å²) >= 11 is -3.35. The summed E-state index contributed by atoms with van der Waals surface area (Å²) < 4.78 is 19.9. The minimum atomic E-state index is -3.35. The maximum atomic E-state index is 10.8. The Kier molecular flexibility index (Phi) is 6.72. The van der Waals surface area contributed by atoms with E-state index in [4.69, 9.17) is 10.2 Å². The number of hydrogen-bond acceptors (Lipinski definition) is 5. The number of hydrogen-bond donors (Lipinski definition) is 2. The third-order valence-electron chi connectivity index (χ3n) is 1.07. The molecule has 0 radical (unpaired) electrons. The number of rotatable bonds is 8. The standard InChI is InChI=1S/C6H10GeO7/c8-5(9)1-3-13-7(12)14-4-2-6(10)11/h1-4H2,(H,8,9)(H,10,11). The fourth-order valence-electron chi connectivity index (χ4n) is 0.485. The molecule has 0 aromatic rings. The fraction of sp³-hybridized carbons (Fsp3) is 0.667. The zero-order chi connectivity index (χ0) is 11.0. The van der Waals surface area contributed by atoms with Crippen LogP contribution in [0.25, 0.3) is 0 Å². The predicted molar refractivity (Wildman–Crippen MR) is 42.9 cm³/mol. The average Bonchev–Trinajstić information content (AvgIpc) is 2.02. The zero-order valence-corrected chi connectivity index (χ0v) is 9.36. The molecule has 0 spiro atoms. The molecule has 0 saturated heterocycles. The quantitative estimate of drug-likeness (QED) is 0.564. The second kappa shape index (κ2) is 7.30. The van der Waals surface area contributed by atoms with Crippen molar-refractivity contribution in [3.8, 4) is 0 Å². The van der Waals surface area contributed by atoms with Gasteiger partial charge in [0.1, 0.15) is 0 Å². The van der Waals surface area contributed by atoms with Crippen LogP contribution in [0.5, 0.6) is 0 Å². The molecule has 0 unspecified atom stereocenters. The molecule has 0 aliphatic rings. The first-order valence-corrected chi connectivity index (χ1v) is 6.32. The normalized spacial score (nSPS) is 9.14. The van der Waals surface area contributed by atoms with Gasteiger partial charge in [0.2, 0.25) is 0 Å².